The summed E-state index contributed by atoms with van der Waals surface area (Å²) in [7, 11) is 0. The van der Waals surface area contributed by atoms with E-state index in [1.807, 2.05) is 18.2 Å². The van der Waals surface area contributed by atoms with Gasteiger partial charge in [-0.15, -0.1) is 0 Å². The van der Waals surface area contributed by atoms with Crippen molar-refractivity contribution in [3.8, 4) is 11.3 Å². The smallest absolute Gasteiger partial charge is 0.224 e. The van der Waals surface area contributed by atoms with Gasteiger partial charge in [0.1, 0.15) is 0 Å². The molecule has 0 radical (unpaired) electrons. The summed E-state index contributed by atoms with van der Waals surface area (Å²) in [6.07, 6.45) is 4.80. The topological polar surface area (TPSA) is 44.9 Å². The van der Waals surface area contributed by atoms with E-state index >= 15 is 0 Å². The Bertz CT molecular complexity index is 863. The van der Waals surface area contributed by atoms with Crippen LogP contribution in [0.2, 0.25) is 0 Å². The Morgan fingerprint density at radius 1 is 0.826 bits per heavy atom. The van der Waals surface area contributed by atoms with E-state index in [1.165, 1.54) is 10.9 Å². The van der Waals surface area contributed by atoms with Gasteiger partial charge in [0.2, 0.25) is 5.91 Å². The number of fused-ring (bicyclic) bond motifs is 5. The number of aryl methyl sites for hydroxylation is 1. The maximum Gasteiger partial charge on any atom is 0.224 e. The first-order valence-electron chi connectivity index (χ1n) is 8.32. The van der Waals surface area contributed by atoms with Gasteiger partial charge in [-0.2, -0.15) is 0 Å². The highest BCUT2D eigenvalue weighted by Crippen LogP contribution is 2.36. The summed E-state index contributed by atoms with van der Waals surface area (Å²) in [6.45, 7) is 0. The molecule has 116 valence electrons. The van der Waals surface area contributed by atoms with E-state index in [2.05, 4.69) is 40.6 Å². The maximum absolute atomic E-state index is 12.1. The molecule has 3 heteroatoms. The van der Waals surface area contributed by atoms with Gasteiger partial charge in [0.15, 0.2) is 0 Å². The minimum absolute atomic E-state index is 0.108. The van der Waals surface area contributed by atoms with E-state index in [1.54, 1.807) is 0 Å². The van der Waals surface area contributed by atoms with Crippen LogP contribution < -0.4 is 5.32 Å². The van der Waals surface area contributed by atoms with E-state index in [-0.39, 0.29) is 5.91 Å². The molecule has 0 fully saturated rings. The summed E-state index contributed by atoms with van der Waals surface area (Å²) >= 11 is 0. The first-order valence-corrected chi connectivity index (χ1v) is 8.32. The quantitative estimate of drug-likeness (QED) is 0.610. The van der Waals surface area contributed by atoms with E-state index in [9.17, 15) is 4.79 Å². The fourth-order valence-corrected chi connectivity index (χ4v) is 3.48. The van der Waals surface area contributed by atoms with Crippen LogP contribution in [-0.4, -0.2) is 10.9 Å². The highest BCUT2D eigenvalue weighted by Gasteiger charge is 2.17. The van der Waals surface area contributed by atoms with Gasteiger partial charge in [-0.05, 0) is 37.0 Å². The average Bonchev–Trinajstić information content (AvgIpc) is 2.92. The molecule has 0 saturated heterocycles. The molecule has 2 N–H and O–H groups in total. The van der Waals surface area contributed by atoms with Crippen molar-refractivity contribution in [3.05, 3.63) is 54.1 Å². The van der Waals surface area contributed by atoms with Gasteiger partial charge < -0.3 is 10.3 Å². The molecule has 2 heterocycles. The summed E-state index contributed by atoms with van der Waals surface area (Å²) < 4.78 is 0. The van der Waals surface area contributed by atoms with Crippen LogP contribution in [0.1, 0.15) is 31.2 Å². The second-order valence-corrected chi connectivity index (χ2v) is 6.18. The summed E-state index contributed by atoms with van der Waals surface area (Å²) in [4.78, 5) is 15.7. The molecule has 1 aliphatic heterocycles. The molecular formula is C20H20N2O. The van der Waals surface area contributed by atoms with Crippen LogP contribution in [0.15, 0.2) is 48.5 Å². The predicted molar refractivity (Wildman–Crippen MR) is 94.5 cm³/mol. The van der Waals surface area contributed by atoms with E-state index in [0.29, 0.717) is 6.42 Å². The molecule has 3 nitrogen and oxygen atoms in total. The Labute approximate surface area is 135 Å². The molecule has 1 aliphatic rings. The Kier molecular flexibility index (Phi) is 3.62. The normalized spacial score (nSPS) is 15.4. The molecule has 0 spiro atoms. The molecule has 3 aromatic rings. The number of benzene rings is 2. The van der Waals surface area contributed by atoms with Crippen molar-refractivity contribution in [3.63, 3.8) is 0 Å². The third kappa shape index (κ3) is 2.63. The number of amides is 1. The monoisotopic (exact) mass is 304 g/mol. The molecule has 2 aromatic carbocycles. The Balaban J connectivity index is 1.94. The molecule has 23 heavy (non-hydrogen) atoms. The first-order chi connectivity index (χ1) is 11.3. The number of aromatic amines is 1. The number of hydrogen-bond donors (Lipinski definition) is 2. The highest BCUT2D eigenvalue weighted by molar-refractivity contribution is 5.98. The van der Waals surface area contributed by atoms with Crippen molar-refractivity contribution in [2.45, 2.75) is 32.1 Å². The molecule has 1 aromatic heterocycles. The Hall–Kier alpha value is -2.55. The van der Waals surface area contributed by atoms with E-state index in [4.69, 9.17) is 0 Å². The number of anilines is 1. The number of hydrogen-bond acceptors (Lipinski definition) is 1. The lowest BCUT2D eigenvalue weighted by Crippen LogP contribution is -2.11. The van der Waals surface area contributed by atoms with Crippen LogP contribution in [0, 0.1) is 0 Å². The Morgan fingerprint density at radius 3 is 2.57 bits per heavy atom. The SMILES string of the molecule is O=C1CCCCCc2c([nH]c3ccccc23)-c2ccccc2N1. The first kappa shape index (κ1) is 14.1. The van der Waals surface area contributed by atoms with Crippen molar-refractivity contribution >= 4 is 22.5 Å². The van der Waals surface area contributed by atoms with E-state index in [0.717, 1.165) is 48.1 Å². The maximum atomic E-state index is 12.1. The lowest BCUT2D eigenvalue weighted by Gasteiger charge is -2.11. The van der Waals surface area contributed by atoms with Crippen molar-refractivity contribution in [2.75, 3.05) is 5.32 Å². The van der Waals surface area contributed by atoms with Crippen LogP contribution in [0.5, 0.6) is 0 Å². The van der Waals surface area contributed by atoms with Crippen molar-refractivity contribution < 1.29 is 4.79 Å². The summed E-state index contributed by atoms with van der Waals surface area (Å²) in [6, 6.07) is 16.5. The van der Waals surface area contributed by atoms with Crippen LogP contribution in [0.4, 0.5) is 5.69 Å². The van der Waals surface area contributed by atoms with Crippen LogP contribution in [0.25, 0.3) is 22.2 Å². The van der Waals surface area contributed by atoms with Crippen LogP contribution >= 0.6 is 0 Å². The third-order valence-corrected chi connectivity index (χ3v) is 4.61. The number of carbonyl (C=O) groups excluding carboxylic acids is 1. The molecule has 0 saturated carbocycles. The van der Waals surface area contributed by atoms with Gasteiger partial charge in [-0.25, -0.2) is 0 Å². The van der Waals surface area contributed by atoms with Gasteiger partial charge in [0.05, 0.1) is 11.4 Å². The predicted octanol–water partition coefficient (Wildman–Crippen LogP) is 4.89. The summed E-state index contributed by atoms with van der Waals surface area (Å²) in [5.41, 5.74) is 5.64. The molecule has 0 bridgehead atoms. The second-order valence-electron chi connectivity index (χ2n) is 6.18. The molecule has 0 atom stereocenters. The zero-order valence-electron chi connectivity index (χ0n) is 13.1. The fourth-order valence-electron chi connectivity index (χ4n) is 3.48. The van der Waals surface area contributed by atoms with Crippen molar-refractivity contribution in [1.82, 2.24) is 4.98 Å². The molecule has 4 rings (SSSR count). The zero-order valence-corrected chi connectivity index (χ0v) is 13.1. The van der Waals surface area contributed by atoms with Gasteiger partial charge in [-0.3, -0.25) is 4.79 Å². The third-order valence-electron chi connectivity index (χ3n) is 4.61. The second kappa shape index (κ2) is 5.92. The van der Waals surface area contributed by atoms with Gasteiger partial charge >= 0.3 is 0 Å². The molecule has 0 unspecified atom stereocenters. The lowest BCUT2D eigenvalue weighted by atomic mass is 9.99. The minimum Gasteiger partial charge on any atom is -0.354 e. The van der Waals surface area contributed by atoms with Crippen LogP contribution in [0.3, 0.4) is 0 Å². The number of para-hydroxylation sites is 2. The van der Waals surface area contributed by atoms with Gasteiger partial charge in [0.25, 0.3) is 0 Å². The number of H-pyrrole nitrogens is 1. The molecule has 1 amide bonds. The summed E-state index contributed by atoms with van der Waals surface area (Å²) in [5, 5.41) is 4.38. The number of carbonyl (C=O) groups is 1. The molecular weight excluding hydrogens is 284 g/mol. The zero-order chi connectivity index (χ0) is 15.6. The minimum atomic E-state index is 0.108. The van der Waals surface area contributed by atoms with E-state index < -0.39 is 0 Å². The standard InChI is InChI=1S/C20H20N2O/c23-19-13-3-1-2-9-15-14-8-4-6-11-17(14)22-20(15)16-10-5-7-12-18(16)21-19/h4-8,10-12,22H,1-3,9,13H2,(H,21,23). The highest BCUT2D eigenvalue weighted by atomic mass is 16.1. The molecule has 0 aliphatic carbocycles. The van der Waals surface area contributed by atoms with Crippen molar-refractivity contribution in [1.29, 1.82) is 0 Å². The average molecular weight is 304 g/mol. The van der Waals surface area contributed by atoms with Gasteiger partial charge in [-0.1, -0.05) is 42.8 Å². The van der Waals surface area contributed by atoms with Gasteiger partial charge in [0, 0.05) is 22.9 Å². The lowest BCUT2D eigenvalue weighted by molar-refractivity contribution is -0.116. The number of aromatic nitrogens is 1. The van der Waals surface area contributed by atoms with Crippen molar-refractivity contribution in [2.24, 2.45) is 0 Å². The number of nitrogens with one attached hydrogen (secondary N) is 2. The number of rotatable bonds is 0. The summed E-state index contributed by atoms with van der Waals surface area (Å²) in [5.74, 6) is 0.108. The largest absolute Gasteiger partial charge is 0.354 e. The fraction of sp³-hybridized carbons (Fsp3) is 0.250. The van der Waals surface area contributed by atoms with Crippen LogP contribution in [-0.2, 0) is 11.2 Å². The Morgan fingerprint density at radius 2 is 1.61 bits per heavy atom.